The molecule has 2 N–H and O–H groups in total. The molecule has 10 heteroatoms. The first-order chi connectivity index (χ1) is 12.8. The number of nitrogens with one attached hydrogen (secondary N) is 2. The van der Waals surface area contributed by atoms with E-state index in [1.165, 1.54) is 19.2 Å². The van der Waals surface area contributed by atoms with E-state index in [-0.39, 0.29) is 43.0 Å². The lowest BCUT2D eigenvalue weighted by Crippen LogP contribution is -2.42. The normalized spacial score (nSPS) is 11.2. The monoisotopic (exact) mass is 381 g/mol. The molecule has 1 atom stereocenters. The quantitative estimate of drug-likeness (QED) is 0.354. The summed E-state index contributed by atoms with van der Waals surface area (Å²) in [6.45, 7) is 3.58. The van der Waals surface area contributed by atoms with Gasteiger partial charge in [0.25, 0.3) is 11.6 Å². The maximum absolute atomic E-state index is 12.4. The number of nitrogens with zero attached hydrogens (tertiary/aromatic N) is 1. The van der Waals surface area contributed by atoms with E-state index in [1.807, 2.05) is 0 Å². The molecule has 0 unspecified atom stereocenters. The Hall–Kier alpha value is -3.17. The maximum Gasteiger partial charge on any atom is 0.328 e. The molecular formula is C17H23N3O7. The van der Waals surface area contributed by atoms with Gasteiger partial charge in [-0.3, -0.25) is 19.7 Å². The number of nitro groups is 1. The topological polar surface area (TPSA) is 137 Å². The van der Waals surface area contributed by atoms with Crippen LogP contribution in [0.2, 0.25) is 0 Å². The molecule has 0 aliphatic carbocycles. The lowest BCUT2D eigenvalue weighted by Gasteiger charge is -2.17. The first kappa shape index (κ1) is 21.9. The van der Waals surface area contributed by atoms with Crippen molar-refractivity contribution in [3.05, 3.63) is 33.9 Å². The second-order valence-corrected chi connectivity index (χ2v) is 5.36. The Morgan fingerprint density at radius 2 is 1.85 bits per heavy atom. The number of nitro benzene ring substituents is 1. The van der Waals surface area contributed by atoms with E-state index in [9.17, 15) is 24.5 Å². The third kappa shape index (κ3) is 6.57. The molecule has 0 aromatic heterocycles. The Balaban J connectivity index is 2.94. The average molecular weight is 381 g/mol. The summed E-state index contributed by atoms with van der Waals surface area (Å²) in [5.41, 5.74) is -0.0173. The minimum atomic E-state index is -1.08. The zero-order chi connectivity index (χ0) is 20.4. The molecule has 27 heavy (non-hydrogen) atoms. The van der Waals surface area contributed by atoms with Gasteiger partial charge >= 0.3 is 11.9 Å². The maximum atomic E-state index is 12.4. The van der Waals surface area contributed by atoms with Crippen molar-refractivity contribution >= 4 is 29.2 Å². The summed E-state index contributed by atoms with van der Waals surface area (Å²) in [4.78, 5) is 46.5. The minimum absolute atomic E-state index is 0.00568. The van der Waals surface area contributed by atoms with Crippen molar-refractivity contribution in [2.75, 3.05) is 25.6 Å². The summed E-state index contributed by atoms with van der Waals surface area (Å²) >= 11 is 0. The van der Waals surface area contributed by atoms with Gasteiger partial charge in [-0.05, 0) is 32.4 Å². The van der Waals surface area contributed by atoms with Gasteiger partial charge in [0.1, 0.15) is 11.7 Å². The van der Waals surface area contributed by atoms with Gasteiger partial charge < -0.3 is 20.1 Å². The average Bonchev–Trinajstić information content (AvgIpc) is 2.64. The fourth-order valence-corrected chi connectivity index (χ4v) is 2.26. The molecule has 0 aliphatic rings. The highest BCUT2D eigenvalue weighted by molar-refractivity contribution is 5.98. The number of amides is 1. The number of anilines is 1. The first-order valence-electron chi connectivity index (χ1n) is 8.43. The van der Waals surface area contributed by atoms with Crippen molar-refractivity contribution in [2.24, 2.45) is 0 Å². The standard InChI is InChI=1S/C17H23N3O7/c1-4-26-15(21)9-8-13(17(23)27-5-2)19-16(22)11-6-7-12(18-3)14(10-11)20(24)25/h6-7,10,13,18H,4-5,8-9H2,1-3H3,(H,19,22)/t13-/m0/s1. The van der Waals surface area contributed by atoms with Crippen molar-refractivity contribution in [2.45, 2.75) is 32.7 Å². The van der Waals surface area contributed by atoms with Crippen LogP contribution in [0.5, 0.6) is 0 Å². The SMILES string of the molecule is CCOC(=O)CC[C@H](NC(=O)c1ccc(NC)c([N+](=O)[O-])c1)C(=O)OCC. The molecule has 1 aromatic rings. The van der Waals surface area contributed by atoms with E-state index in [1.54, 1.807) is 13.8 Å². The zero-order valence-corrected chi connectivity index (χ0v) is 15.4. The fourth-order valence-electron chi connectivity index (χ4n) is 2.26. The zero-order valence-electron chi connectivity index (χ0n) is 15.4. The van der Waals surface area contributed by atoms with Crippen molar-refractivity contribution in [3.63, 3.8) is 0 Å². The molecule has 0 bridgehead atoms. The van der Waals surface area contributed by atoms with Gasteiger partial charge in [0, 0.05) is 25.1 Å². The molecule has 1 amide bonds. The highest BCUT2D eigenvalue weighted by Crippen LogP contribution is 2.25. The Bertz CT molecular complexity index is 706. The van der Waals surface area contributed by atoms with Crippen LogP contribution in [0.25, 0.3) is 0 Å². The Labute approximate surface area is 156 Å². The van der Waals surface area contributed by atoms with Crippen LogP contribution in [0.3, 0.4) is 0 Å². The molecule has 0 radical (unpaired) electrons. The summed E-state index contributed by atoms with van der Waals surface area (Å²) < 4.78 is 9.71. The van der Waals surface area contributed by atoms with E-state index in [0.29, 0.717) is 0 Å². The Morgan fingerprint density at radius 3 is 2.41 bits per heavy atom. The molecule has 0 aliphatic heterocycles. The Kier molecular flexibility index (Phi) is 8.70. The number of ether oxygens (including phenoxy) is 2. The summed E-state index contributed by atoms with van der Waals surface area (Å²) in [7, 11) is 1.52. The van der Waals surface area contributed by atoms with E-state index in [4.69, 9.17) is 9.47 Å². The van der Waals surface area contributed by atoms with Crippen LogP contribution in [0, 0.1) is 10.1 Å². The summed E-state index contributed by atoms with van der Waals surface area (Å²) in [5.74, 6) is -1.89. The molecule has 10 nitrogen and oxygen atoms in total. The van der Waals surface area contributed by atoms with Crippen LogP contribution in [-0.2, 0) is 19.1 Å². The number of benzene rings is 1. The third-order valence-corrected chi connectivity index (χ3v) is 3.54. The van der Waals surface area contributed by atoms with Crippen LogP contribution in [-0.4, -0.2) is 49.1 Å². The van der Waals surface area contributed by atoms with Crippen LogP contribution >= 0.6 is 0 Å². The molecule has 0 heterocycles. The number of esters is 2. The predicted octanol–water partition coefficient (Wildman–Crippen LogP) is 1.64. The largest absolute Gasteiger partial charge is 0.466 e. The number of carbonyl (C=O) groups is 3. The van der Waals surface area contributed by atoms with Crippen LogP contribution in [0.4, 0.5) is 11.4 Å². The first-order valence-corrected chi connectivity index (χ1v) is 8.43. The summed E-state index contributed by atoms with van der Waals surface area (Å²) in [6.07, 6.45) is -0.101. The van der Waals surface area contributed by atoms with E-state index in [2.05, 4.69) is 10.6 Å². The van der Waals surface area contributed by atoms with E-state index < -0.39 is 28.8 Å². The third-order valence-electron chi connectivity index (χ3n) is 3.54. The fraction of sp³-hybridized carbons (Fsp3) is 0.471. The van der Waals surface area contributed by atoms with Crippen molar-refractivity contribution < 1.29 is 28.8 Å². The van der Waals surface area contributed by atoms with Crippen molar-refractivity contribution in [3.8, 4) is 0 Å². The highest BCUT2D eigenvalue weighted by Gasteiger charge is 2.25. The van der Waals surface area contributed by atoms with E-state index >= 15 is 0 Å². The minimum Gasteiger partial charge on any atom is -0.466 e. The van der Waals surface area contributed by atoms with Crippen molar-refractivity contribution in [1.29, 1.82) is 0 Å². The smallest absolute Gasteiger partial charge is 0.328 e. The Morgan fingerprint density at radius 1 is 1.19 bits per heavy atom. The second kappa shape index (κ2) is 10.7. The van der Waals surface area contributed by atoms with E-state index in [0.717, 1.165) is 6.07 Å². The van der Waals surface area contributed by atoms with Gasteiger partial charge in [0.15, 0.2) is 0 Å². The second-order valence-electron chi connectivity index (χ2n) is 5.36. The van der Waals surface area contributed by atoms with Crippen LogP contribution in [0.15, 0.2) is 18.2 Å². The van der Waals surface area contributed by atoms with Crippen LogP contribution in [0.1, 0.15) is 37.0 Å². The molecular weight excluding hydrogens is 358 g/mol. The van der Waals surface area contributed by atoms with Gasteiger partial charge in [-0.25, -0.2) is 4.79 Å². The van der Waals surface area contributed by atoms with Gasteiger partial charge in [0.2, 0.25) is 0 Å². The molecule has 1 rings (SSSR count). The number of hydrogen-bond donors (Lipinski definition) is 2. The van der Waals surface area contributed by atoms with Gasteiger partial charge in [-0.2, -0.15) is 0 Å². The molecule has 0 fully saturated rings. The summed E-state index contributed by atoms with van der Waals surface area (Å²) in [6, 6.07) is 2.81. The van der Waals surface area contributed by atoms with Crippen LogP contribution < -0.4 is 10.6 Å². The highest BCUT2D eigenvalue weighted by atomic mass is 16.6. The number of carbonyl (C=O) groups excluding carboxylic acids is 3. The molecule has 1 aromatic carbocycles. The molecule has 0 spiro atoms. The molecule has 148 valence electrons. The summed E-state index contributed by atoms with van der Waals surface area (Å²) in [5, 5.41) is 16.2. The number of rotatable bonds is 10. The lowest BCUT2D eigenvalue weighted by atomic mass is 10.1. The molecule has 0 saturated heterocycles. The predicted molar refractivity (Wildman–Crippen MR) is 96.4 cm³/mol. The van der Waals surface area contributed by atoms with Gasteiger partial charge in [0.05, 0.1) is 18.1 Å². The van der Waals surface area contributed by atoms with Gasteiger partial charge in [-0.15, -0.1) is 0 Å². The number of hydrogen-bond acceptors (Lipinski definition) is 8. The molecule has 0 saturated carbocycles. The lowest BCUT2D eigenvalue weighted by molar-refractivity contribution is -0.384. The van der Waals surface area contributed by atoms with Crippen molar-refractivity contribution in [1.82, 2.24) is 5.32 Å². The van der Waals surface area contributed by atoms with Gasteiger partial charge in [-0.1, -0.05) is 0 Å².